The predicted molar refractivity (Wildman–Crippen MR) is 140 cm³/mol. The minimum absolute atomic E-state index is 0.0931. The number of likely N-dealkylation sites (N-methyl/N-ethyl adjacent to an activating group) is 1. The third-order valence-electron chi connectivity index (χ3n) is 5.48. The summed E-state index contributed by atoms with van der Waals surface area (Å²) in [4.78, 5) is 27.5. The van der Waals surface area contributed by atoms with Gasteiger partial charge in [0.05, 0.1) is 10.6 Å². The first kappa shape index (κ1) is 27.3. The van der Waals surface area contributed by atoms with E-state index in [2.05, 4.69) is 21.2 Å². The maximum atomic E-state index is 13.7. The van der Waals surface area contributed by atoms with Crippen LogP contribution in [0.5, 0.6) is 0 Å². The summed E-state index contributed by atoms with van der Waals surface area (Å²) >= 11 is 3.41. The van der Waals surface area contributed by atoms with Crippen molar-refractivity contribution < 1.29 is 22.4 Å². The molecule has 0 aliphatic heterocycles. The Morgan fingerprint density at radius 2 is 1.67 bits per heavy atom. The van der Waals surface area contributed by atoms with Crippen LogP contribution >= 0.6 is 15.9 Å². The third-order valence-corrected chi connectivity index (χ3v) is 7.77. The van der Waals surface area contributed by atoms with Crippen molar-refractivity contribution in [2.75, 3.05) is 17.4 Å². The third kappa shape index (κ3) is 6.70. The number of hydrogen-bond donors (Lipinski definition) is 1. The van der Waals surface area contributed by atoms with Crippen LogP contribution in [0.3, 0.4) is 0 Å². The summed E-state index contributed by atoms with van der Waals surface area (Å²) in [5, 5.41) is 2.71. The van der Waals surface area contributed by atoms with Gasteiger partial charge in [-0.25, -0.2) is 12.8 Å². The van der Waals surface area contributed by atoms with Crippen LogP contribution in [0.2, 0.25) is 0 Å². The molecule has 2 amide bonds. The number of carbonyl (C=O) groups excluding carboxylic acids is 2. The largest absolute Gasteiger partial charge is 0.355 e. The average molecular weight is 576 g/mol. The van der Waals surface area contributed by atoms with E-state index >= 15 is 0 Å². The number of carbonyl (C=O) groups is 2. The average Bonchev–Trinajstić information content (AvgIpc) is 2.86. The highest BCUT2D eigenvalue weighted by atomic mass is 79.9. The number of nitrogens with one attached hydrogen (secondary N) is 1. The smallest absolute Gasteiger partial charge is 0.264 e. The number of hydrogen-bond acceptors (Lipinski definition) is 4. The van der Waals surface area contributed by atoms with Crippen LogP contribution in [-0.2, 0) is 26.2 Å². The van der Waals surface area contributed by atoms with Crippen molar-refractivity contribution >= 4 is 43.5 Å². The quantitative estimate of drug-likeness (QED) is 0.389. The highest BCUT2D eigenvalue weighted by Crippen LogP contribution is 2.25. The molecule has 0 spiro atoms. The molecule has 0 heterocycles. The summed E-state index contributed by atoms with van der Waals surface area (Å²) < 4.78 is 42.4. The zero-order valence-electron chi connectivity index (χ0n) is 19.9. The minimum atomic E-state index is -4.22. The Hall–Kier alpha value is -3.24. The van der Waals surface area contributed by atoms with Crippen molar-refractivity contribution in [1.82, 2.24) is 10.2 Å². The molecule has 1 N–H and O–H groups in total. The van der Waals surface area contributed by atoms with Crippen LogP contribution in [0.25, 0.3) is 0 Å². The molecular formula is C26H27BrFN3O4S. The van der Waals surface area contributed by atoms with Gasteiger partial charge in [0.1, 0.15) is 18.4 Å². The highest BCUT2D eigenvalue weighted by Gasteiger charge is 2.32. The molecule has 0 saturated carbocycles. The summed E-state index contributed by atoms with van der Waals surface area (Å²) in [5.74, 6) is -1.50. The van der Waals surface area contributed by atoms with Crippen molar-refractivity contribution in [2.45, 2.75) is 31.3 Å². The zero-order valence-corrected chi connectivity index (χ0v) is 22.3. The lowest BCUT2D eigenvalue weighted by molar-refractivity contribution is -0.139. The lowest BCUT2D eigenvalue weighted by atomic mass is 10.1. The Balaban J connectivity index is 2.00. The Morgan fingerprint density at radius 3 is 2.28 bits per heavy atom. The molecule has 3 aromatic carbocycles. The second-order valence-electron chi connectivity index (χ2n) is 8.02. The molecule has 10 heteroatoms. The van der Waals surface area contributed by atoms with Gasteiger partial charge in [0, 0.05) is 17.6 Å². The maximum absolute atomic E-state index is 13.7. The molecule has 0 aliphatic rings. The van der Waals surface area contributed by atoms with Crippen LogP contribution < -0.4 is 9.62 Å². The topological polar surface area (TPSA) is 86.8 Å². The van der Waals surface area contributed by atoms with Crippen molar-refractivity contribution in [1.29, 1.82) is 0 Å². The monoisotopic (exact) mass is 575 g/mol. The first-order valence-electron chi connectivity index (χ1n) is 11.3. The van der Waals surface area contributed by atoms with E-state index in [9.17, 15) is 22.4 Å². The molecule has 0 bridgehead atoms. The van der Waals surface area contributed by atoms with Crippen molar-refractivity contribution in [3.05, 3.63) is 94.7 Å². The molecule has 0 fully saturated rings. The number of sulfonamides is 1. The predicted octanol–water partition coefficient (Wildman–Crippen LogP) is 4.34. The molecule has 190 valence electrons. The van der Waals surface area contributed by atoms with Crippen LogP contribution in [-0.4, -0.2) is 44.3 Å². The van der Waals surface area contributed by atoms with E-state index in [1.807, 2.05) is 24.3 Å². The van der Waals surface area contributed by atoms with Crippen LogP contribution in [0.1, 0.15) is 19.4 Å². The standard InChI is InChI=1S/C26H27BrFN3O4S/c1-3-29-26(33)19(2)30(17-20-8-7-9-21(27)16-20)25(32)18-31(23-10-5-4-6-11-23)36(34,35)24-14-12-22(28)13-15-24/h4-16,19H,3,17-18H2,1-2H3,(H,29,33)/t19-/m1/s1. The van der Waals surface area contributed by atoms with Crippen LogP contribution in [0.15, 0.2) is 88.2 Å². The van der Waals surface area contributed by atoms with E-state index in [-0.39, 0.29) is 23.0 Å². The van der Waals surface area contributed by atoms with Gasteiger partial charge in [-0.1, -0.05) is 46.3 Å². The normalized spacial score (nSPS) is 12.0. The molecule has 36 heavy (non-hydrogen) atoms. The fraction of sp³-hybridized carbons (Fsp3) is 0.231. The Labute approximate surface area is 219 Å². The van der Waals surface area contributed by atoms with Gasteiger partial charge in [-0.05, 0) is 67.9 Å². The summed E-state index contributed by atoms with van der Waals surface area (Å²) in [6.45, 7) is 3.30. The second kappa shape index (κ2) is 12.1. The summed E-state index contributed by atoms with van der Waals surface area (Å²) in [6.07, 6.45) is 0. The van der Waals surface area contributed by atoms with E-state index in [4.69, 9.17) is 0 Å². The van der Waals surface area contributed by atoms with Gasteiger partial charge in [-0.2, -0.15) is 0 Å². The molecule has 3 rings (SSSR count). The first-order chi connectivity index (χ1) is 17.1. The van der Waals surface area contributed by atoms with Crippen molar-refractivity contribution in [2.24, 2.45) is 0 Å². The van der Waals surface area contributed by atoms with Gasteiger partial charge in [0.2, 0.25) is 11.8 Å². The van der Waals surface area contributed by atoms with Gasteiger partial charge >= 0.3 is 0 Å². The van der Waals surface area contributed by atoms with Crippen LogP contribution in [0.4, 0.5) is 10.1 Å². The van der Waals surface area contributed by atoms with Gasteiger partial charge < -0.3 is 10.2 Å². The fourth-order valence-electron chi connectivity index (χ4n) is 3.59. The number of halogens is 2. The molecule has 7 nitrogen and oxygen atoms in total. The molecule has 1 atom stereocenters. The minimum Gasteiger partial charge on any atom is -0.355 e. The van der Waals surface area contributed by atoms with Gasteiger partial charge in [-0.15, -0.1) is 0 Å². The van der Waals surface area contributed by atoms with Crippen molar-refractivity contribution in [3.63, 3.8) is 0 Å². The molecule has 0 aliphatic carbocycles. The Kier molecular flexibility index (Phi) is 9.22. The SMILES string of the molecule is CCNC(=O)[C@@H](C)N(Cc1cccc(Br)c1)C(=O)CN(c1ccccc1)S(=O)(=O)c1ccc(F)cc1. The van der Waals surface area contributed by atoms with E-state index in [0.29, 0.717) is 6.54 Å². The fourth-order valence-corrected chi connectivity index (χ4v) is 5.45. The Morgan fingerprint density at radius 1 is 1.00 bits per heavy atom. The Bertz CT molecular complexity index is 1300. The van der Waals surface area contributed by atoms with Gasteiger partial charge in [-0.3, -0.25) is 13.9 Å². The molecule has 0 unspecified atom stereocenters. The van der Waals surface area contributed by atoms with Gasteiger partial charge in [0.25, 0.3) is 10.0 Å². The van der Waals surface area contributed by atoms with Gasteiger partial charge in [0.15, 0.2) is 0 Å². The van der Waals surface area contributed by atoms with E-state index < -0.39 is 34.3 Å². The lowest BCUT2D eigenvalue weighted by Crippen LogP contribution is -2.51. The van der Waals surface area contributed by atoms with Crippen LogP contribution in [0, 0.1) is 5.82 Å². The van der Waals surface area contributed by atoms with E-state index in [0.717, 1.165) is 38.6 Å². The van der Waals surface area contributed by atoms with Crippen molar-refractivity contribution in [3.8, 4) is 0 Å². The molecule has 0 saturated heterocycles. The second-order valence-corrected chi connectivity index (χ2v) is 10.8. The maximum Gasteiger partial charge on any atom is 0.264 e. The summed E-state index contributed by atoms with van der Waals surface area (Å²) in [6, 6.07) is 19.0. The summed E-state index contributed by atoms with van der Waals surface area (Å²) in [7, 11) is -4.22. The first-order valence-corrected chi connectivity index (χ1v) is 13.5. The van der Waals surface area contributed by atoms with E-state index in [1.54, 1.807) is 44.2 Å². The molecule has 0 aromatic heterocycles. The lowest BCUT2D eigenvalue weighted by Gasteiger charge is -2.32. The number of nitrogens with zero attached hydrogens (tertiary/aromatic N) is 2. The molecule has 3 aromatic rings. The number of anilines is 1. The highest BCUT2D eigenvalue weighted by molar-refractivity contribution is 9.10. The number of amides is 2. The molecular weight excluding hydrogens is 549 g/mol. The number of benzene rings is 3. The number of rotatable bonds is 10. The zero-order chi connectivity index (χ0) is 26.3. The summed E-state index contributed by atoms with van der Waals surface area (Å²) in [5.41, 5.74) is 1.03. The van der Waals surface area contributed by atoms with E-state index in [1.165, 1.54) is 4.90 Å². The molecule has 0 radical (unpaired) electrons. The number of para-hydroxylation sites is 1.